The van der Waals surface area contributed by atoms with Gasteiger partial charge in [-0.05, 0) is 24.1 Å². The fourth-order valence-electron chi connectivity index (χ4n) is 2.24. The van der Waals surface area contributed by atoms with Crippen molar-refractivity contribution in [2.75, 3.05) is 19.0 Å². The van der Waals surface area contributed by atoms with Crippen molar-refractivity contribution in [3.63, 3.8) is 0 Å². The van der Waals surface area contributed by atoms with Crippen molar-refractivity contribution in [3.8, 4) is 17.3 Å². The molecule has 3 aromatic rings. The number of aromatic nitrogens is 3. The summed E-state index contributed by atoms with van der Waals surface area (Å²) in [6, 6.07) is 16.0. The molecule has 130 valence electrons. The predicted octanol–water partition coefficient (Wildman–Crippen LogP) is 4.23. The van der Waals surface area contributed by atoms with Gasteiger partial charge < -0.3 is 10.1 Å². The minimum Gasteiger partial charge on any atom is -0.491 e. The van der Waals surface area contributed by atoms with E-state index in [1.807, 2.05) is 50.2 Å². The third-order valence-corrected chi connectivity index (χ3v) is 3.42. The molecule has 0 amide bonds. The fourth-order valence-corrected chi connectivity index (χ4v) is 2.24. The minimum atomic E-state index is 0.577. The Morgan fingerprint density at radius 1 is 0.960 bits per heavy atom. The maximum atomic E-state index is 5.33. The molecule has 0 atom stereocenters. The number of pyridine rings is 1. The molecule has 0 saturated carbocycles. The van der Waals surface area contributed by atoms with E-state index in [-0.39, 0.29) is 0 Å². The third kappa shape index (κ3) is 5.28. The quantitative estimate of drug-likeness (QED) is 0.730. The van der Waals surface area contributed by atoms with E-state index in [9.17, 15) is 0 Å². The van der Waals surface area contributed by atoms with Crippen molar-refractivity contribution in [1.82, 2.24) is 15.0 Å². The Labute approximate surface area is 149 Å². The highest BCUT2D eigenvalue weighted by Crippen LogP contribution is 2.23. The average Bonchev–Trinajstić information content (AvgIpc) is 2.71. The zero-order chi connectivity index (χ0) is 17.9. The zero-order valence-corrected chi connectivity index (χ0v) is 14.9. The van der Waals surface area contributed by atoms with Crippen LogP contribution in [0.25, 0.3) is 11.5 Å². The van der Waals surface area contributed by atoms with Crippen LogP contribution in [0.2, 0.25) is 0 Å². The summed E-state index contributed by atoms with van der Waals surface area (Å²) in [5.74, 6) is 1.88. The molecule has 2 aromatic heterocycles. The molecule has 1 aromatic carbocycles. The lowest BCUT2D eigenvalue weighted by molar-refractivity contribution is 0.413. The summed E-state index contributed by atoms with van der Waals surface area (Å²) in [5, 5.41) is 3.32. The molecule has 0 aliphatic heterocycles. The van der Waals surface area contributed by atoms with Crippen molar-refractivity contribution in [1.29, 1.82) is 0 Å². The molecule has 5 nitrogen and oxygen atoms in total. The molecule has 0 spiro atoms. The van der Waals surface area contributed by atoms with E-state index in [0.29, 0.717) is 17.4 Å². The minimum absolute atomic E-state index is 0.577. The molecule has 25 heavy (non-hydrogen) atoms. The van der Waals surface area contributed by atoms with Gasteiger partial charge in [-0.1, -0.05) is 50.2 Å². The predicted molar refractivity (Wildman–Crippen MR) is 102 cm³/mol. The number of nitrogens with one attached hydrogen (secondary N) is 1. The van der Waals surface area contributed by atoms with Gasteiger partial charge in [0.2, 0.25) is 0 Å². The van der Waals surface area contributed by atoms with Crippen molar-refractivity contribution < 1.29 is 4.74 Å². The standard InChI is InChI=1S/C18H18N4O.C2H6/c1-23-16-13-21-17(15-9-5-6-11-19-15)22-18(16)20-12-10-14-7-3-2-4-8-14;1-2/h2-9,11,13H,10,12H2,1H3,(H,20,21,22);1-2H3. The van der Waals surface area contributed by atoms with Gasteiger partial charge in [-0.2, -0.15) is 0 Å². The molecule has 0 saturated heterocycles. The van der Waals surface area contributed by atoms with Gasteiger partial charge in [0.25, 0.3) is 0 Å². The van der Waals surface area contributed by atoms with E-state index in [1.54, 1.807) is 19.5 Å². The van der Waals surface area contributed by atoms with Crippen molar-refractivity contribution in [3.05, 3.63) is 66.5 Å². The molecular weight excluding hydrogens is 312 g/mol. The van der Waals surface area contributed by atoms with Crippen LogP contribution in [0.3, 0.4) is 0 Å². The molecule has 0 unspecified atom stereocenters. The van der Waals surface area contributed by atoms with Gasteiger partial charge in [-0.25, -0.2) is 9.97 Å². The highest BCUT2D eigenvalue weighted by molar-refractivity contribution is 5.57. The van der Waals surface area contributed by atoms with E-state index < -0.39 is 0 Å². The van der Waals surface area contributed by atoms with Crippen LogP contribution in [0.15, 0.2) is 60.9 Å². The molecule has 5 heteroatoms. The third-order valence-electron chi connectivity index (χ3n) is 3.42. The highest BCUT2D eigenvalue weighted by atomic mass is 16.5. The Balaban J connectivity index is 0.00000109. The van der Waals surface area contributed by atoms with Crippen LogP contribution < -0.4 is 10.1 Å². The van der Waals surface area contributed by atoms with Crippen LogP contribution in [0.4, 0.5) is 5.82 Å². The number of hydrogen-bond donors (Lipinski definition) is 1. The average molecular weight is 336 g/mol. The van der Waals surface area contributed by atoms with Crippen LogP contribution in [-0.2, 0) is 6.42 Å². The lowest BCUT2D eigenvalue weighted by Crippen LogP contribution is -2.09. The van der Waals surface area contributed by atoms with Crippen molar-refractivity contribution in [2.45, 2.75) is 20.3 Å². The van der Waals surface area contributed by atoms with Gasteiger partial charge in [-0.3, -0.25) is 4.98 Å². The summed E-state index contributed by atoms with van der Waals surface area (Å²) in [7, 11) is 1.61. The van der Waals surface area contributed by atoms with E-state index in [2.05, 4.69) is 32.4 Å². The number of ether oxygens (including phenoxy) is 1. The van der Waals surface area contributed by atoms with Crippen LogP contribution in [0.5, 0.6) is 5.75 Å². The summed E-state index contributed by atoms with van der Waals surface area (Å²) in [4.78, 5) is 13.1. The number of nitrogens with zero attached hydrogens (tertiary/aromatic N) is 3. The van der Waals surface area contributed by atoms with Crippen LogP contribution in [0.1, 0.15) is 19.4 Å². The highest BCUT2D eigenvalue weighted by Gasteiger charge is 2.09. The van der Waals surface area contributed by atoms with Crippen LogP contribution in [-0.4, -0.2) is 28.6 Å². The van der Waals surface area contributed by atoms with Gasteiger partial charge in [0.15, 0.2) is 17.4 Å². The summed E-state index contributed by atoms with van der Waals surface area (Å²) in [6.07, 6.45) is 4.31. The van der Waals surface area contributed by atoms with Crippen molar-refractivity contribution in [2.24, 2.45) is 0 Å². The Morgan fingerprint density at radius 2 is 1.72 bits per heavy atom. The Morgan fingerprint density at radius 3 is 2.40 bits per heavy atom. The molecular formula is C20H24N4O. The second kappa shape index (κ2) is 10.0. The topological polar surface area (TPSA) is 59.9 Å². The summed E-state index contributed by atoms with van der Waals surface area (Å²) in [6.45, 7) is 4.76. The normalized spacial score (nSPS) is 9.72. The van der Waals surface area contributed by atoms with Crippen molar-refractivity contribution >= 4 is 5.82 Å². The molecule has 0 radical (unpaired) electrons. The van der Waals surface area contributed by atoms with E-state index in [0.717, 1.165) is 18.7 Å². The monoisotopic (exact) mass is 336 g/mol. The van der Waals surface area contributed by atoms with Crippen LogP contribution in [0, 0.1) is 0 Å². The SMILES string of the molecule is CC.COc1cnc(-c2ccccn2)nc1NCCc1ccccc1. The molecule has 1 N–H and O–H groups in total. The van der Waals surface area contributed by atoms with Gasteiger partial charge in [0.1, 0.15) is 5.69 Å². The number of rotatable bonds is 6. The Kier molecular flexibility index (Phi) is 7.38. The summed E-state index contributed by atoms with van der Waals surface area (Å²) in [5.41, 5.74) is 2.01. The molecule has 0 aliphatic carbocycles. The number of methoxy groups -OCH3 is 1. The summed E-state index contributed by atoms with van der Waals surface area (Å²) >= 11 is 0. The summed E-state index contributed by atoms with van der Waals surface area (Å²) < 4.78 is 5.33. The van der Waals surface area contributed by atoms with Crippen LogP contribution >= 0.6 is 0 Å². The number of anilines is 1. The molecule has 0 aliphatic rings. The smallest absolute Gasteiger partial charge is 0.180 e. The van der Waals surface area contributed by atoms with Gasteiger partial charge in [0.05, 0.1) is 13.3 Å². The van der Waals surface area contributed by atoms with E-state index in [1.165, 1.54) is 5.56 Å². The zero-order valence-electron chi connectivity index (χ0n) is 14.9. The van der Waals surface area contributed by atoms with E-state index >= 15 is 0 Å². The largest absolute Gasteiger partial charge is 0.491 e. The first-order chi connectivity index (χ1) is 12.4. The fraction of sp³-hybridized carbons (Fsp3) is 0.250. The Bertz CT molecular complexity index is 748. The first-order valence-electron chi connectivity index (χ1n) is 8.47. The molecule has 3 rings (SSSR count). The first-order valence-corrected chi connectivity index (χ1v) is 8.47. The lowest BCUT2D eigenvalue weighted by Gasteiger charge is -2.11. The van der Waals surface area contributed by atoms with E-state index in [4.69, 9.17) is 4.74 Å². The Hall–Kier alpha value is -2.95. The lowest BCUT2D eigenvalue weighted by atomic mass is 10.1. The first kappa shape index (κ1) is 18.4. The van der Waals surface area contributed by atoms with Gasteiger partial charge >= 0.3 is 0 Å². The molecule has 0 fully saturated rings. The van der Waals surface area contributed by atoms with Gasteiger partial charge in [-0.15, -0.1) is 0 Å². The maximum absolute atomic E-state index is 5.33. The molecule has 0 bridgehead atoms. The maximum Gasteiger partial charge on any atom is 0.180 e. The number of benzene rings is 1. The van der Waals surface area contributed by atoms with Gasteiger partial charge in [0, 0.05) is 12.7 Å². The second-order valence-corrected chi connectivity index (χ2v) is 4.99. The number of hydrogen-bond acceptors (Lipinski definition) is 5. The second-order valence-electron chi connectivity index (χ2n) is 4.99. The molecule has 2 heterocycles.